The Morgan fingerprint density at radius 1 is 1.18 bits per heavy atom. The molecule has 1 aromatic heterocycles. The van der Waals surface area contributed by atoms with E-state index in [1.807, 2.05) is 48.5 Å². The molecule has 1 amide bonds. The molecule has 0 atom stereocenters. The highest BCUT2D eigenvalue weighted by Crippen LogP contribution is 2.35. The van der Waals surface area contributed by atoms with Crippen LogP contribution in [0.5, 0.6) is 5.75 Å². The van der Waals surface area contributed by atoms with Crippen molar-refractivity contribution in [2.75, 3.05) is 11.4 Å². The van der Waals surface area contributed by atoms with Gasteiger partial charge in [0, 0.05) is 30.4 Å². The number of allylic oxidation sites excluding steroid dienone is 2. The van der Waals surface area contributed by atoms with Crippen molar-refractivity contribution in [2.45, 2.75) is 33.1 Å². The summed E-state index contributed by atoms with van der Waals surface area (Å²) < 4.78 is 5.73. The van der Waals surface area contributed by atoms with Gasteiger partial charge in [-0.3, -0.25) is 9.89 Å². The van der Waals surface area contributed by atoms with Crippen molar-refractivity contribution < 1.29 is 9.53 Å². The largest absolute Gasteiger partial charge is 0.465 e. The van der Waals surface area contributed by atoms with Crippen LogP contribution in [0.1, 0.15) is 29.5 Å². The predicted molar refractivity (Wildman–Crippen MR) is 135 cm³/mol. The van der Waals surface area contributed by atoms with Crippen LogP contribution in [-0.4, -0.2) is 22.6 Å². The minimum absolute atomic E-state index is 0.0797. The maximum atomic E-state index is 12.9. The average Bonchev–Trinajstić information content (AvgIpc) is 3.38. The second-order valence-corrected chi connectivity index (χ2v) is 7.80. The van der Waals surface area contributed by atoms with Crippen LogP contribution >= 0.6 is 0 Å². The van der Waals surface area contributed by atoms with E-state index in [1.165, 1.54) is 11.1 Å². The molecule has 0 saturated heterocycles. The van der Waals surface area contributed by atoms with E-state index < -0.39 is 0 Å². The van der Waals surface area contributed by atoms with Gasteiger partial charge in [0.15, 0.2) is 0 Å². The van der Waals surface area contributed by atoms with Gasteiger partial charge in [-0.2, -0.15) is 5.10 Å². The zero-order valence-electron chi connectivity index (χ0n) is 19.4. The number of H-pyrrole nitrogens is 1. The SMILES string of the molecule is C=CC=C.Cc1cccc(O/C=C\CC(=O)N2CCCc3c(-c4cn[nH]c4)cccc32)c1C. The number of nitrogens with zero attached hydrogens (tertiary/aromatic N) is 2. The Balaban J connectivity index is 0.000000709. The van der Waals surface area contributed by atoms with Crippen LogP contribution in [0.3, 0.4) is 0 Å². The van der Waals surface area contributed by atoms with Gasteiger partial charge in [-0.25, -0.2) is 0 Å². The maximum absolute atomic E-state index is 12.9. The third-order valence-corrected chi connectivity index (χ3v) is 5.67. The van der Waals surface area contributed by atoms with Gasteiger partial charge in [-0.1, -0.05) is 49.6 Å². The standard InChI is InChI=1S/C24H25N3O2.C4H6/c1-17-7-3-11-23(18(17)2)29-14-6-12-24(28)27-13-5-9-21-20(8-4-10-22(21)27)19-15-25-26-16-19;1-3-4-2/h3-4,6-8,10-11,14-16H,5,9,12-13H2,1-2H3,(H,25,26);3-4H,1-2H2/b14-6-;. The van der Waals surface area contributed by atoms with Gasteiger partial charge in [0.2, 0.25) is 5.91 Å². The molecule has 3 aromatic rings. The molecule has 0 fully saturated rings. The average molecular weight is 442 g/mol. The summed E-state index contributed by atoms with van der Waals surface area (Å²) in [5, 5.41) is 6.93. The summed E-state index contributed by atoms with van der Waals surface area (Å²) in [4.78, 5) is 14.8. The van der Waals surface area contributed by atoms with E-state index in [9.17, 15) is 4.79 Å². The Morgan fingerprint density at radius 2 is 1.97 bits per heavy atom. The van der Waals surface area contributed by atoms with Gasteiger partial charge in [-0.15, -0.1) is 0 Å². The van der Waals surface area contributed by atoms with Gasteiger partial charge in [0.25, 0.3) is 0 Å². The van der Waals surface area contributed by atoms with Crippen LogP contribution in [-0.2, 0) is 11.2 Å². The van der Waals surface area contributed by atoms with Crippen molar-refractivity contribution >= 4 is 11.6 Å². The lowest BCUT2D eigenvalue weighted by atomic mass is 9.93. The highest BCUT2D eigenvalue weighted by Gasteiger charge is 2.24. The van der Waals surface area contributed by atoms with Crippen LogP contribution in [0.4, 0.5) is 5.69 Å². The van der Waals surface area contributed by atoms with Gasteiger partial charge in [0.1, 0.15) is 5.75 Å². The summed E-state index contributed by atoms with van der Waals surface area (Å²) in [5.41, 5.74) is 6.71. The predicted octanol–water partition coefficient (Wildman–Crippen LogP) is 6.31. The van der Waals surface area contributed by atoms with E-state index in [0.29, 0.717) is 6.42 Å². The molecule has 1 N–H and O–H groups in total. The number of aromatic nitrogens is 2. The number of aromatic amines is 1. The molecular formula is C28H31N3O2. The Kier molecular flexibility index (Phi) is 8.42. The summed E-state index contributed by atoms with van der Waals surface area (Å²) in [6.07, 6.45) is 12.6. The highest BCUT2D eigenvalue weighted by atomic mass is 16.5. The van der Waals surface area contributed by atoms with Crippen molar-refractivity contribution in [1.82, 2.24) is 10.2 Å². The van der Waals surface area contributed by atoms with Crippen LogP contribution in [0.2, 0.25) is 0 Å². The van der Waals surface area contributed by atoms with E-state index in [2.05, 4.69) is 42.4 Å². The molecule has 0 spiro atoms. The molecule has 1 aliphatic heterocycles. The minimum Gasteiger partial charge on any atom is -0.465 e. The Morgan fingerprint density at radius 3 is 2.70 bits per heavy atom. The molecule has 0 unspecified atom stereocenters. The van der Waals surface area contributed by atoms with Gasteiger partial charge in [0.05, 0.1) is 12.5 Å². The number of rotatable bonds is 6. The van der Waals surface area contributed by atoms with Crippen LogP contribution in [0, 0.1) is 13.8 Å². The molecule has 0 saturated carbocycles. The van der Waals surface area contributed by atoms with E-state index >= 15 is 0 Å². The van der Waals surface area contributed by atoms with Gasteiger partial charge >= 0.3 is 0 Å². The first kappa shape index (κ1) is 23.8. The lowest BCUT2D eigenvalue weighted by Crippen LogP contribution is -2.35. The van der Waals surface area contributed by atoms with E-state index in [4.69, 9.17) is 4.74 Å². The first-order valence-corrected chi connectivity index (χ1v) is 11.1. The monoisotopic (exact) mass is 441 g/mol. The maximum Gasteiger partial charge on any atom is 0.230 e. The van der Waals surface area contributed by atoms with Crippen LogP contribution < -0.4 is 9.64 Å². The molecule has 1 aliphatic rings. The first-order valence-electron chi connectivity index (χ1n) is 11.1. The van der Waals surface area contributed by atoms with Crippen molar-refractivity contribution in [3.8, 4) is 16.9 Å². The highest BCUT2D eigenvalue weighted by molar-refractivity contribution is 5.96. The number of amides is 1. The lowest BCUT2D eigenvalue weighted by molar-refractivity contribution is -0.117. The van der Waals surface area contributed by atoms with Gasteiger partial charge < -0.3 is 9.64 Å². The number of fused-ring (bicyclic) bond motifs is 1. The molecular weight excluding hydrogens is 410 g/mol. The molecule has 5 nitrogen and oxygen atoms in total. The Labute approximate surface area is 196 Å². The van der Waals surface area contributed by atoms with Crippen LogP contribution in [0.25, 0.3) is 11.1 Å². The number of carbonyl (C=O) groups is 1. The topological polar surface area (TPSA) is 58.2 Å². The molecule has 170 valence electrons. The molecule has 33 heavy (non-hydrogen) atoms. The van der Waals surface area contributed by atoms with E-state index in [1.54, 1.807) is 24.5 Å². The zero-order valence-corrected chi connectivity index (χ0v) is 19.4. The van der Waals surface area contributed by atoms with E-state index in [0.717, 1.165) is 47.5 Å². The quantitative estimate of drug-likeness (QED) is 0.360. The fourth-order valence-corrected chi connectivity index (χ4v) is 3.78. The molecule has 2 heterocycles. The number of anilines is 1. The smallest absolute Gasteiger partial charge is 0.230 e. The summed E-state index contributed by atoms with van der Waals surface area (Å²) in [7, 11) is 0. The number of benzene rings is 2. The molecule has 0 radical (unpaired) electrons. The Hall–Kier alpha value is -3.86. The molecule has 2 aromatic carbocycles. The number of carbonyl (C=O) groups excluding carboxylic acids is 1. The number of nitrogens with one attached hydrogen (secondary N) is 1. The minimum atomic E-state index is 0.0797. The Bertz CT molecular complexity index is 1120. The number of aryl methyl sites for hydroxylation is 1. The number of hydrogen-bond donors (Lipinski definition) is 1. The normalized spacial score (nSPS) is 12.5. The van der Waals surface area contributed by atoms with Crippen molar-refractivity contribution in [2.24, 2.45) is 0 Å². The third kappa shape index (κ3) is 5.89. The zero-order chi connectivity index (χ0) is 23.6. The third-order valence-electron chi connectivity index (χ3n) is 5.67. The second-order valence-electron chi connectivity index (χ2n) is 7.80. The van der Waals surface area contributed by atoms with Gasteiger partial charge in [-0.05, 0) is 67.2 Å². The fraction of sp³-hybridized carbons (Fsp3) is 0.214. The fourth-order valence-electron chi connectivity index (χ4n) is 3.78. The molecule has 4 rings (SSSR count). The molecule has 0 aliphatic carbocycles. The number of ether oxygens (including phenoxy) is 1. The van der Waals surface area contributed by atoms with E-state index in [-0.39, 0.29) is 5.91 Å². The van der Waals surface area contributed by atoms with Crippen molar-refractivity contribution in [3.05, 3.63) is 103 Å². The van der Waals surface area contributed by atoms with Crippen LogP contribution in [0.15, 0.2) is 86.4 Å². The molecule has 5 heteroatoms. The number of hydrogen-bond acceptors (Lipinski definition) is 3. The first-order chi connectivity index (χ1) is 16.1. The summed E-state index contributed by atoms with van der Waals surface area (Å²) in [5.74, 6) is 0.901. The van der Waals surface area contributed by atoms with Crippen molar-refractivity contribution in [1.29, 1.82) is 0 Å². The van der Waals surface area contributed by atoms with Crippen molar-refractivity contribution in [3.63, 3.8) is 0 Å². The summed E-state index contributed by atoms with van der Waals surface area (Å²) in [6, 6.07) is 12.1. The summed E-state index contributed by atoms with van der Waals surface area (Å²) in [6.45, 7) is 11.6. The summed E-state index contributed by atoms with van der Waals surface area (Å²) >= 11 is 0. The lowest BCUT2D eigenvalue weighted by Gasteiger charge is -2.30. The second kappa shape index (κ2) is 11.7. The molecule has 0 bridgehead atoms.